The molecule has 42 heavy (non-hydrogen) atoms. The van der Waals surface area contributed by atoms with Crippen LogP contribution in [0, 0.1) is 11.8 Å². The zero-order valence-electron chi connectivity index (χ0n) is 23.5. The van der Waals surface area contributed by atoms with Gasteiger partial charge in [0.2, 0.25) is 10.0 Å². The van der Waals surface area contributed by atoms with Crippen LogP contribution in [0.3, 0.4) is 0 Å². The van der Waals surface area contributed by atoms with Crippen LogP contribution in [0.2, 0.25) is 5.02 Å². The summed E-state index contributed by atoms with van der Waals surface area (Å²) in [5.41, 5.74) is 5.69. The highest BCUT2D eigenvalue weighted by Gasteiger charge is 2.30. The minimum Gasteiger partial charge on any atom is -0.465 e. The summed E-state index contributed by atoms with van der Waals surface area (Å²) < 4.78 is 33.9. The van der Waals surface area contributed by atoms with E-state index in [1.807, 2.05) is 41.1 Å². The second-order valence-electron chi connectivity index (χ2n) is 10.5. The largest absolute Gasteiger partial charge is 0.465 e. The number of benzene rings is 2. The minimum atomic E-state index is -3.36. The lowest BCUT2D eigenvalue weighted by molar-refractivity contribution is 0.0368. The van der Waals surface area contributed by atoms with Crippen LogP contribution >= 0.6 is 11.6 Å². The van der Waals surface area contributed by atoms with Gasteiger partial charge in [-0.3, -0.25) is 9.58 Å². The number of carbonyl (C=O) groups is 1. The van der Waals surface area contributed by atoms with Crippen LogP contribution in [-0.2, 0) is 40.8 Å². The van der Waals surface area contributed by atoms with E-state index in [1.165, 1.54) is 10.6 Å². The standard InChI is InChI=1S/C30H34ClN5O5S/c1-42(39,40)35-13-10-28-26(21-35)29(33-36(28)12-3-11-34-14-16-41-17-15-34)25-8-9-27(31)24(19-25)7-6-22-4-2-5-23(18-22)20-32-30(37)38/h2,4-5,8-9,18-19,32H,3,10-17,20-21H2,1H3,(H,37,38). The molecule has 0 spiro atoms. The Morgan fingerprint density at radius 3 is 2.69 bits per heavy atom. The lowest BCUT2D eigenvalue weighted by Crippen LogP contribution is -2.37. The Kier molecular flexibility index (Phi) is 9.50. The maximum atomic E-state index is 12.4. The van der Waals surface area contributed by atoms with Crippen LogP contribution in [0.5, 0.6) is 0 Å². The van der Waals surface area contributed by atoms with Crippen molar-refractivity contribution in [3.8, 4) is 23.1 Å². The zero-order valence-corrected chi connectivity index (χ0v) is 25.0. The first-order valence-electron chi connectivity index (χ1n) is 13.9. The highest BCUT2D eigenvalue weighted by molar-refractivity contribution is 7.88. The summed E-state index contributed by atoms with van der Waals surface area (Å²) in [6.07, 6.45) is 1.69. The van der Waals surface area contributed by atoms with Gasteiger partial charge in [-0.2, -0.15) is 9.40 Å². The van der Waals surface area contributed by atoms with Gasteiger partial charge in [-0.1, -0.05) is 41.6 Å². The van der Waals surface area contributed by atoms with Crippen molar-refractivity contribution in [1.82, 2.24) is 24.3 Å². The van der Waals surface area contributed by atoms with E-state index in [0.29, 0.717) is 23.6 Å². The monoisotopic (exact) mass is 611 g/mol. The van der Waals surface area contributed by atoms with Gasteiger partial charge in [-0.05, 0) is 36.2 Å². The number of nitrogens with zero attached hydrogens (tertiary/aromatic N) is 4. The van der Waals surface area contributed by atoms with Crippen molar-refractivity contribution in [2.75, 3.05) is 45.6 Å². The van der Waals surface area contributed by atoms with E-state index in [2.05, 4.69) is 22.1 Å². The number of halogens is 1. The number of hydrogen-bond acceptors (Lipinski definition) is 6. The topological polar surface area (TPSA) is 117 Å². The molecule has 1 saturated heterocycles. The second-order valence-corrected chi connectivity index (χ2v) is 12.8. The van der Waals surface area contributed by atoms with E-state index in [-0.39, 0.29) is 13.1 Å². The Labute approximate surface area is 251 Å². The number of nitrogens with one attached hydrogen (secondary N) is 1. The van der Waals surface area contributed by atoms with Crippen LogP contribution in [0.25, 0.3) is 11.3 Å². The quantitative estimate of drug-likeness (QED) is 0.375. The first-order valence-corrected chi connectivity index (χ1v) is 16.1. The number of hydrogen-bond donors (Lipinski definition) is 2. The summed E-state index contributed by atoms with van der Waals surface area (Å²) in [6, 6.07) is 12.9. The van der Waals surface area contributed by atoms with Crippen molar-refractivity contribution in [2.24, 2.45) is 0 Å². The molecule has 2 aliphatic rings. The molecule has 1 amide bonds. The van der Waals surface area contributed by atoms with Crippen LogP contribution in [-0.4, -0.2) is 84.3 Å². The molecule has 5 rings (SSSR count). The van der Waals surface area contributed by atoms with Gasteiger partial charge in [0.05, 0.1) is 30.2 Å². The van der Waals surface area contributed by atoms with Crippen LogP contribution in [0.15, 0.2) is 42.5 Å². The summed E-state index contributed by atoms with van der Waals surface area (Å²) in [4.78, 5) is 13.2. The molecule has 1 aromatic heterocycles. The Hall–Kier alpha value is -3.40. The van der Waals surface area contributed by atoms with Crippen molar-refractivity contribution in [2.45, 2.75) is 32.5 Å². The molecule has 12 heteroatoms. The zero-order chi connectivity index (χ0) is 29.7. The summed E-state index contributed by atoms with van der Waals surface area (Å²) in [7, 11) is -3.36. The second kappa shape index (κ2) is 13.3. The minimum absolute atomic E-state index is 0.186. The van der Waals surface area contributed by atoms with Gasteiger partial charge in [0.25, 0.3) is 0 Å². The molecule has 2 aliphatic heterocycles. The third-order valence-corrected chi connectivity index (χ3v) is 9.05. The number of aryl methyl sites for hydroxylation is 1. The van der Waals surface area contributed by atoms with Crippen LogP contribution < -0.4 is 5.32 Å². The Morgan fingerprint density at radius 1 is 1.12 bits per heavy atom. The number of sulfonamides is 1. The Bertz CT molecular complexity index is 1620. The Balaban J connectivity index is 1.42. The fourth-order valence-electron chi connectivity index (χ4n) is 5.28. The molecule has 2 aromatic carbocycles. The number of morpholine rings is 1. The van der Waals surface area contributed by atoms with Gasteiger partial charge in [0.1, 0.15) is 0 Å². The van der Waals surface area contributed by atoms with Crippen molar-refractivity contribution in [3.05, 3.63) is 75.4 Å². The molecule has 10 nitrogen and oxygen atoms in total. The van der Waals surface area contributed by atoms with E-state index in [9.17, 15) is 13.2 Å². The van der Waals surface area contributed by atoms with Crippen LogP contribution in [0.4, 0.5) is 4.79 Å². The fourth-order valence-corrected chi connectivity index (χ4v) is 6.23. The average molecular weight is 612 g/mol. The van der Waals surface area contributed by atoms with E-state index in [4.69, 9.17) is 26.5 Å². The van der Waals surface area contributed by atoms with Crippen molar-refractivity contribution < 1.29 is 23.1 Å². The number of rotatable bonds is 8. The normalized spacial score (nSPS) is 16.0. The number of fused-ring (bicyclic) bond motifs is 1. The lowest BCUT2D eigenvalue weighted by atomic mass is 10.0. The predicted octanol–water partition coefficient (Wildman–Crippen LogP) is 3.41. The number of amides is 1. The number of aromatic nitrogens is 2. The summed E-state index contributed by atoms with van der Waals surface area (Å²) in [5, 5.41) is 16.7. The van der Waals surface area contributed by atoms with Gasteiger partial charge in [0.15, 0.2) is 0 Å². The third-order valence-electron chi connectivity index (χ3n) is 7.47. The van der Waals surface area contributed by atoms with Crippen molar-refractivity contribution in [1.29, 1.82) is 0 Å². The van der Waals surface area contributed by atoms with Crippen molar-refractivity contribution >= 4 is 27.7 Å². The van der Waals surface area contributed by atoms with E-state index < -0.39 is 16.1 Å². The van der Waals surface area contributed by atoms with E-state index >= 15 is 0 Å². The van der Waals surface area contributed by atoms with Crippen LogP contribution in [0.1, 0.15) is 34.4 Å². The maximum Gasteiger partial charge on any atom is 0.404 e. The van der Waals surface area contributed by atoms with Gasteiger partial charge < -0.3 is 15.2 Å². The average Bonchev–Trinajstić information content (AvgIpc) is 3.34. The van der Waals surface area contributed by atoms with E-state index in [1.54, 1.807) is 6.07 Å². The molecule has 0 bridgehead atoms. The number of ether oxygens (including phenoxy) is 1. The molecule has 1 fully saturated rings. The molecule has 0 atom stereocenters. The number of carboxylic acid groups (broad SMARTS) is 1. The molecule has 0 radical (unpaired) electrons. The lowest BCUT2D eigenvalue weighted by Gasteiger charge is -2.27. The maximum absolute atomic E-state index is 12.4. The molecule has 0 saturated carbocycles. The molecule has 3 aromatic rings. The fraction of sp³-hybridized carbons (Fsp3) is 0.400. The van der Waals surface area contributed by atoms with Gasteiger partial charge in [0, 0.05) is 80.2 Å². The molecular formula is C30H34ClN5O5S. The highest BCUT2D eigenvalue weighted by atomic mass is 35.5. The molecule has 222 valence electrons. The molecular weight excluding hydrogens is 578 g/mol. The van der Waals surface area contributed by atoms with E-state index in [0.717, 1.165) is 79.5 Å². The SMILES string of the molecule is CS(=O)(=O)N1CCc2c(c(-c3ccc(Cl)c(C#Cc4cccc(CNC(=O)O)c4)c3)nn2CCCN2CCOCC2)C1. The first kappa shape index (κ1) is 30.1. The summed E-state index contributed by atoms with van der Waals surface area (Å²) in [6.45, 7) is 5.98. The first-order chi connectivity index (χ1) is 20.2. The highest BCUT2D eigenvalue weighted by Crippen LogP contribution is 2.33. The molecule has 2 N–H and O–H groups in total. The van der Waals surface area contributed by atoms with Gasteiger partial charge in [-0.15, -0.1) is 0 Å². The Morgan fingerprint density at radius 2 is 1.93 bits per heavy atom. The molecule has 0 unspecified atom stereocenters. The molecule has 0 aliphatic carbocycles. The van der Waals surface area contributed by atoms with Crippen molar-refractivity contribution in [3.63, 3.8) is 0 Å². The predicted molar refractivity (Wildman–Crippen MR) is 161 cm³/mol. The smallest absolute Gasteiger partial charge is 0.404 e. The van der Waals surface area contributed by atoms with Gasteiger partial charge in [-0.25, -0.2) is 13.2 Å². The summed E-state index contributed by atoms with van der Waals surface area (Å²) in [5.74, 6) is 6.27. The third kappa shape index (κ3) is 7.51. The summed E-state index contributed by atoms with van der Waals surface area (Å²) >= 11 is 6.54. The molecule has 3 heterocycles. The van der Waals surface area contributed by atoms with Gasteiger partial charge >= 0.3 is 6.09 Å².